The van der Waals surface area contributed by atoms with Gasteiger partial charge in [0.2, 0.25) is 0 Å². The normalized spacial score (nSPS) is 10.7. The molecule has 4 nitrogen and oxygen atoms in total. The molecule has 2 aromatic carbocycles. The van der Waals surface area contributed by atoms with Crippen molar-refractivity contribution in [3.8, 4) is 21.7 Å². The Bertz CT molecular complexity index is 1020. The molecule has 1 N–H and O–H groups in total. The minimum absolute atomic E-state index is 0.262. The lowest BCUT2D eigenvalue weighted by Gasteiger charge is -2.03. The van der Waals surface area contributed by atoms with E-state index >= 15 is 0 Å². The van der Waals surface area contributed by atoms with Crippen molar-refractivity contribution in [3.05, 3.63) is 84.3 Å². The third-order valence-corrected chi connectivity index (χ3v) is 4.97. The van der Waals surface area contributed by atoms with Gasteiger partial charge in [-0.3, -0.25) is 10.1 Å². The molecule has 0 aliphatic carbocycles. The molecular weight excluding hydrogens is 344 g/mol. The third kappa shape index (κ3) is 3.30. The van der Waals surface area contributed by atoms with E-state index in [2.05, 4.69) is 41.5 Å². The van der Waals surface area contributed by atoms with Crippen LogP contribution in [0.4, 0.5) is 5.13 Å². The van der Waals surface area contributed by atoms with Crippen LogP contribution in [0.5, 0.6) is 0 Å². The van der Waals surface area contributed by atoms with E-state index in [0.717, 1.165) is 21.7 Å². The van der Waals surface area contributed by atoms with Crippen molar-refractivity contribution in [2.24, 2.45) is 0 Å². The Labute approximate surface area is 155 Å². The van der Waals surface area contributed by atoms with Crippen molar-refractivity contribution in [3.63, 3.8) is 0 Å². The molecule has 0 saturated carbocycles. The SMILES string of the molecule is Cc1ccc(-c2nc(NC(=O)c3ccco3)sc2-c2ccccc2)cc1. The van der Waals surface area contributed by atoms with Crippen molar-refractivity contribution in [2.75, 3.05) is 5.32 Å². The molecule has 128 valence electrons. The number of aryl methyl sites for hydroxylation is 1. The molecule has 26 heavy (non-hydrogen) atoms. The fourth-order valence-electron chi connectivity index (χ4n) is 2.63. The number of hydrogen-bond donors (Lipinski definition) is 1. The molecular formula is C21H16N2O2S. The summed E-state index contributed by atoms with van der Waals surface area (Å²) in [6.07, 6.45) is 1.48. The van der Waals surface area contributed by atoms with Gasteiger partial charge in [0.15, 0.2) is 10.9 Å². The van der Waals surface area contributed by atoms with Gasteiger partial charge in [-0.1, -0.05) is 71.5 Å². The van der Waals surface area contributed by atoms with Gasteiger partial charge in [-0.2, -0.15) is 0 Å². The number of hydrogen-bond acceptors (Lipinski definition) is 4. The monoisotopic (exact) mass is 360 g/mol. The van der Waals surface area contributed by atoms with Gasteiger partial charge in [-0.05, 0) is 24.6 Å². The number of nitrogens with one attached hydrogen (secondary N) is 1. The van der Waals surface area contributed by atoms with E-state index in [0.29, 0.717) is 5.13 Å². The van der Waals surface area contributed by atoms with E-state index in [9.17, 15) is 4.79 Å². The first-order valence-electron chi connectivity index (χ1n) is 8.19. The predicted molar refractivity (Wildman–Crippen MR) is 104 cm³/mol. The fourth-order valence-corrected chi connectivity index (χ4v) is 3.62. The molecule has 0 unspecified atom stereocenters. The molecule has 0 bridgehead atoms. The molecule has 0 atom stereocenters. The highest BCUT2D eigenvalue weighted by atomic mass is 32.1. The Hall–Kier alpha value is -3.18. The molecule has 2 aromatic heterocycles. The smallest absolute Gasteiger partial charge is 0.293 e. The number of aromatic nitrogens is 1. The number of thiazole rings is 1. The van der Waals surface area contributed by atoms with Crippen LogP contribution in [0.25, 0.3) is 21.7 Å². The number of rotatable bonds is 4. The number of nitrogens with zero attached hydrogens (tertiary/aromatic N) is 1. The summed E-state index contributed by atoms with van der Waals surface area (Å²) in [6, 6.07) is 21.6. The van der Waals surface area contributed by atoms with Crippen LogP contribution in [0, 0.1) is 6.92 Å². The summed E-state index contributed by atoms with van der Waals surface area (Å²) < 4.78 is 5.15. The molecule has 0 radical (unpaired) electrons. The minimum Gasteiger partial charge on any atom is -0.459 e. The lowest BCUT2D eigenvalue weighted by molar-refractivity contribution is 0.0996. The van der Waals surface area contributed by atoms with E-state index in [-0.39, 0.29) is 11.7 Å². The molecule has 0 aliphatic rings. The molecule has 5 heteroatoms. The van der Waals surface area contributed by atoms with Gasteiger partial charge in [0.25, 0.3) is 5.91 Å². The molecule has 0 spiro atoms. The van der Waals surface area contributed by atoms with E-state index < -0.39 is 0 Å². The molecule has 0 saturated heterocycles. The first-order valence-corrected chi connectivity index (χ1v) is 9.00. The van der Waals surface area contributed by atoms with Crippen molar-refractivity contribution in [1.82, 2.24) is 4.98 Å². The van der Waals surface area contributed by atoms with Gasteiger partial charge >= 0.3 is 0 Å². The summed E-state index contributed by atoms with van der Waals surface area (Å²) in [5, 5.41) is 3.37. The minimum atomic E-state index is -0.307. The lowest BCUT2D eigenvalue weighted by Crippen LogP contribution is -2.10. The maximum Gasteiger partial charge on any atom is 0.293 e. The summed E-state index contributed by atoms with van der Waals surface area (Å²) in [5.74, 6) is -0.0443. The van der Waals surface area contributed by atoms with Crippen LogP contribution in [0.15, 0.2) is 77.4 Å². The summed E-state index contributed by atoms with van der Waals surface area (Å²) in [7, 11) is 0. The van der Waals surface area contributed by atoms with Gasteiger partial charge in [0, 0.05) is 5.56 Å². The number of anilines is 1. The number of carbonyl (C=O) groups is 1. The summed E-state index contributed by atoms with van der Waals surface area (Å²) in [5.41, 5.74) is 4.14. The van der Waals surface area contributed by atoms with Crippen molar-refractivity contribution in [1.29, 1.82) is 0 Å². The largest absolute Gasteiger partial charge is 0.459 e. The zero-order chi connectivity index (χ0) is 17.9. The van der Waals surface area contributed by atoms with E-state index in [1.807, 2.05) is 30.3 Å². The molecule has 4 aromatic rings. The van der Waals surface area contributed by atoms with Gasteiger partial charge in [-0.15, -0.1) is 0 Å². The van der Waals surface area contributed by atoms with Crippen LogP contribution in [-0.2, 0) is 0 Å². The molecule has 4 rings (SSSR count). The van der Waals surface area contributed by atoms with Crippen LogP contribution < -0.4 is 5.32 Å². The second kappa shape index (κ2) is 6.98. The van der Waals surface area contributed by atoms with Crippen LogP contribution in [0.3, 0.4) is 0 Å². The Morgan fingerprint density at radius 3 is 2.42 bits per heavy atom. The van der Waals surface area contributed by atoms with E-state index in [1.165, 1.54) is 23.2 Å². The molecule has 1 amide bonds. The highest BCUT2D eigenvalue weighted by molar-refractivity contribution is 7.19. The van der Waals surface area contributed by atoms with E-state index in [1.54, 1.807) is 12.1 Å². The van der Waals surface area contributed by atoms with Gasteiger partial charge < -0.3 is 4.42 Å². The summed E-state index contributed by atoms with van der Waals surface area (Å²) >= 11 is 1.45. The Balaban J connectivity index is 1.75. The maximum absolute atomic E-state index is 12.3. The van der Waals surface area contributed by atoms with Crippen LogP contribution in [-0.4, -0.2) is 10.9 Å². The lowest BCUT2D eigenvalue weighted by atomic mass is 10.1. The predicted octanol–water partition coefficient (Wildman–Crippen LogP) is 5.63. The van der Waals surface area contributed by atoms with Crippen molar-refractivity contribution >= 4 is 22.4 Å². The maximum atomic E-state index is 12.3. The van der Waals surface area contributed by atoms with Crippen LogP contribution >= 0.6 is 11.3 Å². The Kier molecular flexibility index (Phi) is 4.37. The Morgan fingerprint density at radius 2 is 1.73 bits per heavy atom. The van der Waals surface area contributed by atoms with Crippen LogP contribution in [0.1, 0.15) is 16.1 Å². The van der Waals surface area contributed by atoms with Gasteiger partial charge in [-0.25, -0.2) is 4.98 Å². The average molecular weight is 360 g/mol. The van der Waals surface area contributed by atoms with Gasteiger partial charge in [0.05, 0.1) is 16.8 Å². The quantitative estimate of drug-likeness (QED) is 0.513. The molecule has 2 heterocycles. The topological polar surface area (TPSA) is 55.1 Å². The summed E-state index contributed by atoms with van der Waals surface area (Å²) in [6.45, 7) is 2.05. The fraction of sp³-hybridized carbons (Fsp3) is 0.0476. The first kappa shape index (κ1) is 16.3. The average Bonchev–Trinajstić information content (AvgIpc) is 3.33. The third-order valence-electron chi connectivity index (χ3n) is 3.95. The highest BCUT2D eigenvalue weighted by Crippen LogP contribution is 2.39. The van der Waals surface area contributed by atoms with E-state index in [4.69, 9.17) is 4.42 Å². The number of benzene rings is 2. The number of amides is 1. The first-order chi connectivity index (χ1) is 12.7. The zero-order valence-corrected chi connectivity index (χ0v) is 14.9. The second-order valence-corrected chi connectivity index (χ2v) is 6.86. The second-order valence-electron chi connectivity index (χ2n) is 5.86. The Morgan fingerprint density at radius 1 is 0.962 bits per heavy atom. The van der Waals surface area contributed by atoms with Crippen LogP contribution in [0.2, 0.25) is 0 Å². The number of carbonyl (C=O) groups excluding carboxylic acids is 1. The summed E-state index contributed by atoms with van der Waals surface area (Å²) in [4.78, 5) is 18.0. The molecule has 0 aliphatic heterocycles. The van der Waals surface area contributed by atoms with Gasteiger partial charge in [0.1, 0.15) is 0 Å². The highest BCUT2D eigenvalue weighted by Gasteiger charge is 2.17. The number of furan rings is 1. The van der Waals surface area contributed by atoms with Crippen molar-refractivity contribution < 1.29 is 9.21 Å². The molecule has 0 fully saturated rings. The zero-order valence-electron chi connectivity index (χ0n) is 14.1. The van der Waals surface area contributed by atoms with Crippen molar-refractivity contribution in [2.45, 2.75) is 6.92 Å². The standard InChI is InChI=1S/C21H16N2O2S/c1-14-9-11-15(12-10-14)18-19(16-6-3-2-4-7-16)26-21(22-18)23-20(24)17-8-5-13-25-17/h2-13H,1H3,(H,22,23,24).